The van der Waals surface area contributed by atoms with Gasteiger partial charge in [0, 0.05) is 17.9 Å². The van der Waals surface area contributed by atoms with Crippen LogP contribution in [0.5, 0.6) is 5.75 Å². The first-order valence-corrected chi connectivity index (χ1v) is 10.3. The van der Waals surface area contributed by atoms with Crippen LogP contribution in [0.4, 0.5) is 0 Å². The summed E-state index contributed by atoms with van der Waals surface area (Å²) in [6.07, 6.45) is 0.248. The lowest BCUT2D eigenvalue weighted by Crippen LogP contribution is -2.15. The molecule has 4 rings (SSSR count). The summed E-state index contributed by atoms with van der Waals surface area (Å²) >= 11 is 0. The van der Waals surface area contributed by atoms with Gasteiger partial charge in [0.15, 0.2) is 5.78 Å². The van der Waals surface area contributed by atoms with Crippen molar-refractivity contribution in [1.29, 1.82) is 5.26 Å². The van der Waals surface area contributed by atoms with E-state index in [1.54, 1.807) is 31.4 Å². The summed E-state index contributed by atoms with van der Waals surface area (Å²) in [6, 6.07) is 33.6. The van der Waals surface area contributed by atoms with E-state index >= 15 is 0 Å². The smallest absolute Gasteiger partial charge is 0.163 e. The highest BCUT2D eigenvalue weighted by molar-refractivity contribution is 5.97. The van der Waals surface area contributed by atoms with Crippen molar-refractivity contribution in [2.24, 2.45) is 0 Å². The van der Waals surface area contributed by atoms with E-state index in [-0.39, 0.29) is 18.1 Å². The number of methoxy groups -OCH3 is 1. The van der Waals surface area contributed by atoms with Crippen LogP contribution >= 0.6 is 0 Å². The van der Waals surface area contributed by atoms with Crippen molar-refractivity contribution in [3.63, 3.8) is 0 Å². The molecule has 4 aromatic carbocycles. The Morgan fingerprint density at radius 2 is 1.55 bits per heavy atom. The van der Waals surface area contributed by atoms with E-state index in [1.807, 2.05) is 72.8 Å². The number of carbonyl (C=O) groups excluding carboxylic acids is 1. The van der Waals surface area contributed by atoms with Crippen LogP contribution in [0.1, 0.15) is 39.7 Å². The van der Waals surface area contributed by atoms with Gasteiger partial charge in [0.1, 0.15) is 5.75 Å². The molecule has 3 nitrogen and oxygen atoms in total. The molecule has 2 atom stereocenters. The van der Waals surface area contributed by atoms with Gasteiger partial charge < -0.3 is 4.74 Å². The minimum atomic E-state index is -0.448. The topological polar surface area (TPSA) is 50.1 Å². The predicted molar refractivity (Wildman–Crippen MR) is 123 cm³/mol. The van der Waals surface area contributed by atoms with Gasteiger partial charge in [-0.3, -0.25) is 4.79 Å². The molecule has 0 amide bonds. The van der Waals surface area contributed by atoms with Crippen LogP contribution in [0.25, 0.3) is 10.8 Å². The highest BCUT2D eigenvalue weighted by atomic mass is 16.5. The number of Topliss-reactive ketones (excluding diaryl/α,β-unsaturated/α-hetero) is 1. The van der Waals surface area contributed by atoms with Crippen molar-refractivity contribution in [1.82, 2.24) is 0 Å². The van der Waals surface area contributed by atoms with Crippen molar-refractivity contribution in [2.45, 2.75) is 18.3 Å². The van der Waals surface area contributed by atoms with Gasteiger partial charge in [-0.25, -0.2) is 0 Å². The van der Waals surface area contributed by atoms with Gasteiger partial charge in [-0.1, -0.05) is 72.8 Å². The van der Waals surface area contributed by atoms with Gasteiger partial charge in [0.05, 0.1) is 19.1 Å². The lowest BCUT2D eigenvalue weighted by molar-refractivity contribution is 0.0972. The van der Waals surface area contributed by atoms with Gasteiger partial charge in [-0.2, -0.15) is 5.26 Å². The summed E-state index contributed by atoms with van der Waals surface area (Å²) in [5.41, 5.74) is 2.57. The number of ether oxygens (including phenoxy) is 1. The highest BCUT2D eigenvalue weighted by Gasteiger charge is 2.28. The Labute approximate surface area is 182 Å². The van der Waals surface area contributed by atoms with E-state index in [2.05, 4.69) is 6.07 Å². The zero-order valence-corrected chi connectivity index (χ0v) is 17.4. The van der Waals surface area contributed by atoms with E-state index in [9.17, 15) is 10.1 Å². The zero-order valence-electron chi connectivity index (χ0n) is 17.4. The van der Waals surface area contributed by atoms with E-state index in [0.717, 1.165) is 21.9 Å². The summed E-state index contributed by atoms with van der Waals surface area (Å²) in [7, 11) is 1.60. The van der Waals surface area contributed by atoms with Crippen LogP contribution in [-0.2, 0) is 0 Å². The maximum absolute atomic E-state index is 13.2. The van der Waals surface area contributed by atoms with Crippen molar-refractivity contribution < 1.29 is 9.53 Å². The minimum Gasteiger partial charge on any atom is -0.497 e. The van der Waals surface area contributed by atoms with Crippen LogP contribution in [0.2, 0.25) is 0 Å². The molecular formula is C28H23NO2. The molecule has 0 N–H and O–H groups in total. The Morgan fingerprint density at radius 1 is 0.871 bits per heavy atom. The number of nitriles is 1. The zero-order chi connectivity index (χ0) is 21.6. The Morgan fingerprint density at radius 3 is 2.26 bits per heavy atom. The third-order valence-corrected chi connectivity index (χ3v) is 5.74. The minimum absolute atomic E-state index is 0.0111. The first-order chi connectivity index (χ1) is 15.2. The molecule has 31 heavy (non-hydrogen) atoms. The van der Waals surface area contributed by atoms with E-state index in [4.69, 9.17) is 4.74 Å². The van der Waals surface area contributed by atoms with Gasteiger partial charge in [0.2, 0.25) is 0 Å². The summed E-state index contributed by atoms with van der Waals surface area (Å²) in [5.74, 6) is 0.0149. The number of benzene rings is 4. The van der Waals surface area contributed by atoms with E-state index < -0.39 is 5.92 Å². The van der Waals surface area contributed by atoms with Crippen LogP contribution in [0.15, 0.2) is 97.1 Å². The number of fused-ring (bicyclic) bond motifs is 1. The molecule has 0 spiro atoms. The summed E-state index contributed by atoms with van der Waals surface area (Å²) in [4.78, 5) is 13.2. The SMILES string of the molecule is COc1ccc(C(=O)CC(c2ccccc2)C(C#N)c2cccc3ccccc23)cc1. The Hall–Kier alpha value is -3.90. The van der Waals surface area contributed by atoms with Crippen molar-refractivity contribution in [2.75, 3.05) is 7.11 Å². The fourth-order valence-corrected chi connectivity index (χ4v) is 4.12. The van der Waals surface area contributed by atoms with Gasteiger partial charge >= 0.3 is 0 Å². The number of ketones is 1. The fraction of sp³-hybridized carbons (Fsp3) is 0.143. The number of carbonyl (C=O) groups is 1. The van der Waals surface area contributed by atoms with Crippen LogP contribution in [0.3, 0.4) is 0 Å². The molecule has 2 unspecified atom stereocenters. The summed E-state index contributed by atoms with van der Waals surface area (Å²) in [6.45, 7) is 0. The van der Waals surface area contributed by atoms with Crippen LogP contribution in [0, 0.1) is 11.3 Å². The molecule has 4 aromatic rings. The Kier molecular flexibility index (Phi) is 6.10. The summed E-state index contributed by atoms with van der Waals surface area (Å²) in [5, 5.41) is 12.4. The van der Waals surface area contributed by atoms with Crippen molar-refractivity contribution >= 4 is 16.6 Å². The average Bonchev–Trinajstić information content (AvgIpc) is 2.84. The maximum atomic E-state index is 13.2. The lowest BCUT2D eigenvalue weighted by atomic mass is 9.77. The molecule has 0 saturated carbocycles. The molecule has 152 valence electrons. The van der Waals surface area contributed by atoms with Gasteiger partial charge in [0.25, 0.3) is 0 Å². The molecule has 0 bridgehead atoms. The third kappa shape index (κ3) is 4.34. The number of rotatable bonds is 7. The Bertz CT molecular complexity index is 1220. The molecule has 0 heterocycles. The standard InChI is InChI=1S/C28H23NO2/c1-31-23-16-14-22(15-17-23)28(30)18-26(21-8-3-2-4-9-21)27(19-29)25-13-7-11-20-10-5-6-12-24(20)25/h2-17,26-27H,18H2,1H3. The molecule has 0 radical (unpaired) electrons. The Balaban J connectivity index is 1.75. The van der Waals surface area contributed by atoms with Crippen LogP contribution in [-0.4, -0.2) is 12.9 Å². The number of nitrogens with zero attached hydrogens (tertiary/aromatic N) is 1. The second kappa shape index (κ2) is 9.28. The van der Waals surface area contributed by atoms with Crippen LogP contribution < -0.4 is 4.74 Å². The van der Waals surface area contributed by atoms with Gasteiger partial charge in [-0.15, -0.1) is 0 Å². The second-order valence-corrected chi connectivity index (χ2v) is 7.55. The normalized spacial score (nSPS) is 12.6. The molecule has 0 aliphatic rings. The largest absolute Gasteiger partial charge is 0.497 e. The van der Waals surface area contributed by atoms with Crippen molar-refractivity contribution in [3.05, 3.63) is 114 Å². The van der Waals surface area contributed by atoms with E-state index in [0.29, 0.717) is 11.3 Å². The molecule has 0 fully saturated rings. The average molecular weight is 405 g/mol. The molecule has 3 heteroatoms. The quantitative estimate of drug-likeness (QED) is 0.329. The van der Waals surface area contributed by atoms with E-state index in [1.165, 1.54) is 0 Å². The molecule has 0 saturated heterocycles. The molecular weight excluding hydrogens is 382 g/mol. The predicted octanol–water partition coefficient (Wildman–Crippen LogP) is 6.51. The first kappa shape index (κ1) is 20.4. The fourth-order valence-electron chi connectivity index (χ4n) is 4.12. The van der Waals surface area contributed by atoms with Crippen molar-refractivity contribution in [3.8, 4) is 11.8 Å². The number of hydrogen-bond donors (Lipinski definition) is 0. The maximum Gasteiger partial charge on any atom is 0.163 e. The monoisotopic (exact) mass is 405 g/mol. The molecule has 0 aliphatic carbocycles. The molecule has 0 aromatic heterocycles. The summed E-state index contributed by atoms with van der Waals surface area (Å²) < 4.78 is 5.20. The highest BCUT2D eigenvalue weighted by Crippen LogP contribution is 2.39. The number of hydrogen-bond acceptors (Lipinski definition) is 3. The third-order valence-electron chi connectivity index (χ3n) is 5.74. The molecule has 0 aliphatic heterocycles. The van der Waals surface area contributed by atoms with Gasteiger partial charge in [-0.05, 0) is 46.2 Å². The first-order valence-electron chi connectivity index (χ1n) is 10.3. The lowest BCUT2D eigenvalue weighted by Gasteiger charge is -2.24. The second-order valence-electron chi connectivity index (χ2n) is 7.55.